The second kappa shape index (κ2) is 24.5. The molecule has 1 unspecified atom stereocenters. The van der Waals surface area contributed by atoms with E-state index in [1.807, 2.05) is 0 Å². The second-order valence-electron chi connectivity index (χ2n) is 19.9. The van der Waals surface area contributed by atoms with Gasteiger partial charge in [-0.25, -0.2) is 36.2 Å². The fraction of sp³-hybridized carbons (Fsp3) is 0.481. The van der Waals surface area contributed by atoms with Crippen molar-refractivity contribution in [2.24, 2.45) is 11.8 Å². The van der Waals surface area contributed by atoms with Gasteiger partial charge in [0.15, 0.2) is 0 Å². The lowest BCUT2D eigenvalue weighted by atomic mass is 9.85. The quantitative estimate of drug-likeness (QED) is 0.0663. The maximum atomic E-state index is 13.5. The summed E-state index contributed by atoms with van der Waals surface area (Å²) in [5, 5.41) is 0. The van der Waals surface area contributed by atoms with E-state index in [-0.39, 0.29) is 73.9 Å². The Balaban J connectivity index is 0.000000210. The Hall–Kier alpha value is -5.09. The SMILES string of the molecule is CCOC(=O)C(CC1CCOCC1)c1ccc2c(c1)N(C(=O)OC(C)(C)C)c1ccccc1S2(=O)=O.CCOC(=O)Cc1ccc2c(c1)N(C(=O)OC(C)(C)C)c1ccccc1S2(=O)=O.ICC1CCOCC1. The predicted molar refractivity (Wildman–Crippen MR) is 284 cm³/mol. The van der Waals surface area contributed by atoms with Crippen LogP contribution >= 0.6 is 22.6 Å². The normalized spacial score (nSPS) is 17.3. The van der Waals surface area contributed by atoms with Gasteiger partial charge in [0.1, 0.15) is 11.2 Å². The van der Waals surface area contributed by atoms with Crippen molar-refractivity contribution in [3.63, 3.8) is 0 Å². The van der Waals surface area contributed by atoms with Crippen LogP contribution < -0.4 is 9.80 Å². The summed E-state index contributed by atoms with van der Waals surface area (Å²) in [5.74, 6) is -0.180. The summed E-state index contributed by atoms with van der Waals surface area (Å²) in [7, 11) is -7.73. The summed E-state index contributed by atoms with van der Waals surface area (Å²) in [6.45, 7) is 17.7. The van der Waals surface area contributed by atoms with Crippen LogP contribution in [0.3, 0.4) is 0 Å². The van der Waals surface area contributed by atoms with E-state index in [0.717, 1.165) is 32.0 Å². The van der Waals surface area contributed by atoms with Crippen molar-refractivity contribution in [2.75, 3.05) is 53.9 Å². The number of ether oxygens (including phenoxy) is 6. The number of carbonyl (C=O) groups is 4. The molecule has 73 heavy (non-hydrogen) atoms. The Morgan fingerprint density at radius 3 is 1.49 bits per heavy atom. The summed E-state index contributed by atoms with van der Waals surface area (Å²) in [6, 6.07) is 21.8. The van der Waals surface area contributed by atoms with Crippen LogP contribution in [0.4, 0.5) is 32.3 Å². The van der Waals surface area contributed by atoms with Crippen molar-refractivity contribution in [3.8, 4) is 0 Å². The molecule has 19 heteroatoms. The Labute approximate surface area is 443 Å². The first-order chi connectivity index (χ1) is 34.5. The van der Waals surface area contributed by atoms with Gasteiger partial charge < -0.3 is 28.4 Å². The van der Waals surface area contributed by atoms with Crippen molar-refractivity contribution >= 4 is 89.1 Å². The Morgan fingerprint density at radius 1 is 0.603 bits per heavy atom. The molecule has 0 bridgehead atoms. The molecule has 2 fully saturated rings. The molecule has 8 rings (SSSR count). The number of hydrogen-bond donors (Lipinski definition) is 0. The Bertz CT molecular complexity index is 2850. The number of carbonyl (C=O) groups excluding carboxylic acids is 4. The van der Waals surface area contributed by atoms with Crippen molar-refractivity contribution in [3.05, 3.63) is 96.1 Å². The Morgan fingerprint density at radius 2 is 1.04 bits per heavy atom. The van der Waals surface area contributed by atoms with Crippen LogP contribution in [0.25, 0.3) is 0 Å². The largest absolute Gasteiger partial charge is 0.466 e. The van der Waals surface area contributed by atoms with Crippen LogP contribution in [0.15, 0.2) is 105 Å². The van der Waals surface area contributed by atoms with Crippen molar-refractivity contribution in [1.29, 1.82) is 0 Å². The molecule has 16 nitrogen and oxygen atoms in total. The van der Waals surface area contributed by atoms with Crippen LogP contribution in [0.1, 0.15) is 105 Å². The number of rotatable bonds is 9. The van der Waals surface area contributed by atoms with Crippen LogP contribution in [0, 0.1) is 11.8 Å². The number of alkyl halides is 1. The minimum absolute atomic E-state index is 0.00974. The van der Waals surface area contributed by atoms with E-state index < -0.39 is 55.0 Å². The topological polar surface area (TPSA) is 198 Å². The van der Waals surface area contributed by atoms with E-state index in [1.54, 1.807) is 110 Å². The minimum atomic E-state index is -3.89. The predicted octanol–water partition coefficient (Wildman–Crippen LogP) is 11.2. The molecule has 2 saturated heterocycles. The van der Waals surface area contributed by atoms with E-state index in [0.29, 0.717) is 30.8 Å². The summed E-state index contributed by atoms with van der Waals surface area (Å²) >= 11 is 2.45. The van der Waals surface area contributed by atoms with Crippen molar-refractivity contribution < 1.29 is 64.4 Å². The van der Waals surface area contributed by atoms with Crippen LogP contribution in [0.5, 0.6) is 0 Å². The number of halogens is 1. The van der Waals surface area contributed by atoms with Gasteiger partial charge in [-0.3, -0.25) is 9.59 Å². The second-order valence-corrected chi connectivity index (χ2v) is 24.5. The van der Waals surface area contributed by atoms with Crippen molar-refractivity contribution in [2.45, 2.75) is 131 Å². The molecule has 0 aliphatic carbocycles. The average molecular weight is 1160 g/mol. The zero-order valence-electron chi connectivity index (χ0n) is 42.8. The number of sulfone groups is 2. The molecule has 1 atom stereocenters. The first-order valence-corrected chi connectivity index (χ1v) is 29.0. The zero-order chi connectivity index (χ0) is 53.3. The third kappa shape index (κ3) is 14.2. The van der Waals surface area contributed by atoms with E-state index in [1.165, 1.54) is 57.4 Å². The summed E-state index contributed by atoms with van der Waals surface area (Å²) < 4.78 is 86.7. The van der Waals surface area contributed by atoms with Crippen molar-refractivity contribution in [1.82, 2.24) is 0 Å². The molecular weight excluding hydrogens is 1090 g/mol. The highest BCUT2D eigenvalue weighted by Crippen LogP contribution is 2.47. The number of amides is 2. The molecule has 0 N–H and O–H groups in total. The third-order valence-corrected chi connectivity index (χ3v) is 17.0. The molecule has 4 aliphatic rings. The minimum Gasteiger partial charge on any atom is -0.466 e. The molecule has 396 valence electrons. The maximum Gasteiger partial charge on any atom is 0.419 e. The standard InChI is InChI=1S/C27H33NO7S.C21H23NO6S.C6H11IO/c1-5-34-25(29)20(16-18-12-14-33-15-13-18)19-10-11-24-22(17-19)28(26(30)35-27(2,3)4)21-8-6-7-9-23(21)36(24,31)32;1-5-27-19(23)13-14-10-11-18-16(12-14)22(20(24)28-21(2,3)4)15-8-6-7-9-17(15)29(18,25)26;7-5-6-1-3-8-4-2-6/h6-11,17-18,20H,5,12-16H2,1-4H3;6-12H,5,13H2,1-4H3;6H,1-5H2. The van der Waals surface area contributed by atoms with Crippen LogP contribution in [0.2, 0.25) is 0 Å². The number of para-hydroxylation sites is 2. The molecule has 0 saturated carbocycles. The highest BCUT2D eigenvalue weighted by Gasteiger charge is 2.41. The van der Waals surface area contributed by atoms with Gasteiger partial charge in [-0.05, 0) is 159 Å². The highest BCUT2D eigenvalue weighted by atomic mass is 127. The van der Waals surface area contributed by atoms with Gasteiger partial charge in [-0.2, -0.15) is 0 Å². The first-order valence-electron chi connectivity index (χ1n) is 24.6. The molecular formula is C54H67IN2O14S2. The number of esters is 2. The smallest absolute Gasteiger partial charge is 0.419 e. The van der Waals surface area contributed by atoms with Gasteiger partial charge in [0.25, 0.3) is 0 Å². The number of fused-ring (bicyclic) bond motifs is 4. The van der Waals surface area contributed by atoms with E-state index in [9.17, 15) is 36.0 Å². The van der Waals surface area contributed by atoms with Gasteiger partial charge in [0, 0.05) is 30.9 Å². The number of hydrogen-bond acceptors (Lipinski definition) is 14. The van der Waals surface area contributed by atoms with E-state index in [4.69, 9.17) is 28.4 Å². The summed E-state index contributed by atoms with van der Waals surface area (Å²) in [6.07, 6.45) is 3.36. The molecule has 4 aliphatic heterocycles. The zero-order valence-corrected chi connectivity index (χ0v) is 46.6. The third-order valence-electron chi connectivity index (χ3n) is 12.1. The number of anilines is 4. The maximum absolute atomic E-state index is 13.5. The number of nitrogens with zero attached hydrogens (tertiary/aromatic N) is 2. The van der Waals surface area contributed by atoms with Gasteiger partial charge >= 0.3 is 24.1 Å². The van der Waals surface area contributed by atoms with E-state index >= 15 is 0 Å². The number of benzene rings is 4. The molecule has 0 spiro atoms. The highest BCUT2D eigenvalue weighted by molar-refractivity contribution is 14.1. The lowest BCUT2D eigenvalue weighted by Crippen LogP contribution is -2.37. The summed E-state index contributed by atoms with van der Waals surface area (Å²) in [5.41, 5.74) is 0.312. The van der Waals surface area contributed by atoms with Gasteiger partial charge in [0.2, 0.25) is 19.7 Å². The van der Waals surface area contributed by atoms with Gasteiger partial charge in [-0.1, -0.05) is 59.0 Å². The van der Waals surface area contributed by atoms with Crippen LogP contribution in [-0.4, -0.2) is 96.2 Å². The Kier molecular flexibility index (Phi) is 19.2. The first kappa shape index (κ1) is 57.2. The average Bonchev–Trinajstić information content (AvgIpc) is 3.33. The lowest BCUT2D eigenvalue weighted by Gasteiger charge is -2.33. The molecule has 2 amide bonds. The van der Waals surface area contributed by atoms with E-state index in [2.05, 4.69) is 22.6 Å². The fourth-order valence-electron chi connectivity index (χ4n) is 8.68. The van der Waals surface area contributed by atoms with Gasteiger partial charge in [-0.15, -0.1) is 0 Å². The lowest BCUT2D eigenvalue weighted by molar-refractivity contribution is -0.145. The monoisotopic (exact) mass is 1160 g/mol. The molecule has 0 radical (unpaired) electrons. The van der Waals surface area contributed by atoms with Crippen LogP contribution in [-0.2, 0) is 64.1 Å². The summed E-state index contributed by atoms with van der Waals surface area (Å²) in [4.78, 5) is 53.8. The molecule has 0 aromatic heterocycles. The molecule has 4 heterocycles. The van der Waals surface area contributed by atoms with Gasteiger partial charge in [0.05, 0.1) is 67.9 Å². The molecule has 4 aromatic carbocycles. The fourth-order valence-corrected chi connectivity index (χ4v) is 12.8. The molecule has 4 aromatic rings.